The van der Waals surface area contributed by atoms with Crippen LogP contribution in [0.5, 0.6) is 5.75 Å². The zero-order valence-electron chi connectivity index (χ0n) is 9.39. The number of piperidine rings is 1. The normalized spacial score (nSPS) is 19.9. The average Bonchev–Trinajstić information content (AvgIpc) is 2.30. The molecule has 0 bridgehead atoms. The van der Waals surface area contributed by atoms with Crippen molar-refractivity contribution in [1.29, 1.82) is 0 Å². The molecule has 0 unspecified atom stereocenters. The fourth-order valence-electron chi connectivity index (χ4n) is 2.00. The van der Waals surface area contributed by atoms with Crippen LogP contribution in [0, 0.1) is 0 Å². The Morgan fingerprint density at radius 2 is 2.38 bits per heavy atom. The molecule has 4 nitrogen and oxygen atoms in total. The summed E-state index contributed by atoms with van der Waals surface area (Å²) in [7, 11) is 1.99. The van der Waals surface area contributed by atoms with E-state index in [1.807, 2.05) is 7.05 Å². The van der Waals surface area contributed by atoms with Gasteiger partial charge < -0.3 is 15.3 Å². The van der Waals surface area contributed by atoms with E-state index in [1.165, 1.54) is 6.42 Å². The van der Waals surface area contributed by atoms with E-state index in [1.54, 1.807) is 18.3 Å². The van der Waals surface area contributed by atoms with Crippen LogP contribution in [-0.2, 0) is 0 Å². The smallest absolute Gasteiger partial charge is 0.171 e. The zero-order valence-corrected chi connectivity index (χ0v) is 10.2. The molecule has 1 fully saturated rings. The van der Waals surface area contributed by atoms with Gasteiger partial charge in [0.25, 0.3) is 0 Å². The Morgan fingerprint density at radius 3 is 3.00 bits per heavy atom. The second kappa shape index (κ2) is 5.92. The predicted octanol–water partition coefficient (Wildman–Crippen LogP) is 1.40. The SMILES string of the molecule is CN(c1ncccc1O)[C@@H]1CCCNC1.Cl. The van der Waals surface area contributed by atoms with Crippen LogP contribution >= 0.6 is 12.4 Å². The van der Waals surface area contributed by atoms with Crippen molar-refractivity contribution < 1.29 is 5.11 Å². The Balaban J connectivity index is 0.00000128. The number of pyridine rings is 1. The van der Waals surface area contributed by atoms with E-state index in [0.29, 0.717) is 11.9 Å². The molecule has 2 heterocycles. The molecular weight excluding hydrogens is 226 g/mol. The molecule has 1 aromatic heterocycles. The Labute approximate surface area is 102 Å². The number of hydrogen-bond donors (Lipinski definition) is 2. The maximum absolute atomic E-state index is 9.69. The lowest BCUT2D eigenvalue weighted by atomic mass is 10.1. The van der Waals surface area contributed by atoms with Crippen molar-refractivity contribution in [3.05, 3.63) is 18.3 Å². The zero-order chi connectivity index (χ0) is 10.7. The average molecular weight is 244 g/mol. The summed E-state index contributed by atoms with van der Waals surface area (Å²) >= 11 is 0. The molecule has 90 valence electrons. The number of nitrogens with zero attached hydrogens (tertiary/aromatic N) is 2. The number of aromatic hydroxyl groups is 1. The summed E-state index contributed by atoms with van der Waals surface area (Å²) in [6.07, 6.45) is 4.05. The van der Waals surface area contributed by atoms with Crippen molar-refractivity contribution in [2.24, 2.45) is 0 Å². The topological polar surface area (TPSA) is 48.4 Å². The van der Waals surface area contributed by atoms with Crippen molar-refractivity contribution in [1.82, 2.24) is 10.3 Å². The first kappa shape index (κ1) is 13.1. The van der Waals surface area contributed by atoms with Gasteiger partial charge in [-0.05, 0) is 31.5 Å². The van der Waals surface area contributed by atoms with Gasteiger partial charge in [-0.3, -0.25) is 0 Å². The van der Waals surface area contributed by atoms with Crippen LogP contribution < -0.4 is 10.2 Å². The van der Waals surface area contributed by atoms with Gasteiger partial charge in [0.15, 0.2) is 11.6 Å². The van der Waals surface area contributed by atoms with E-state index in [0.717, 1.165) is 19.5 Å². The monoisotopic (exact) mass is 243 g/mol. The number of aromatic nitrogens is 1. The molecule has 0 saturated carbocycles. The Kier molecular flexibility index (Phi) is 4.83. The largest absolute Gasteiger partial charge is 0.504 e. The maximum atomic E-state index is 9.69. The highest BCUT2D eigenvalue weighted by Gasteiger charge is 2.20. The second-order valence-electron chi connectivity index (χ2n) is 3.96. The van der Waals surface area contributed by atoms with Crippen molar-refractivity contribution in [3.8, 4) is 5.75 Å². The highest BCUT2D eigenvalue weighted by molar-refractivity contribution is 5.85. The first-order valence-electron chi connectivity index (χ1n) is 5.36. The molecule has 1 atom stereocenters. The molecule has 0 aliphatic carbocycles. The van der Waals surface area contributed by atoms with Gasteiger partial charge in [-0.15, -0.1) is 12.4 Å². The van der Waals surface area contributed by atoms with Crippen LogP contribution in [0.15, 0.2) is 18.3 Å². The number of halogens is 1. The number of anilines is 1. The van der Waals surface area contributed by atoms with Gasteiger partial charge in [0.1, 0.15) is 0 Å². The molecule has 16 heavy (non-hydrogen) atoms. The molecule has 0 amide bonds. The van der Waals surface area contributed by atoms with Crippen LogP contribution in [0.2, 0.25) is 0 Å². The van der Waals surface area contributed by atoms with Crippen molar-refractivity contribution >= 4 is 18.2 Å². The fourth-order valence-corrected chi connectivity index (χ4v) is 2.00. The number of rotatable bonds is 2. The van der Waals surface area contributed by atoms with Gasteiger partial charge in [-0.2, -0.15) is 0 Å². The lowest BCUT2D eigenvalue weighted by Crippen LogP contribution is -2.44. The molecule has 0 spiro atoms. The molecule has 1 aliphatic heterocycles. The summed E-state index contributed by atoms with van der Waals surface area (Å²) in [5.74, 6) is 0.928. The van der Waals surface area contributed by atoms with E-state index in [4.69, 9.17) is 0 Å². The summed E-state index contributed by atoms with van der Waals surface area (Å²) in [4.78, 5) is 6.26. The van der Waals surface area contributed by atoms with Gasteiger partial charge in [0, 0.05) is 25.8 Å². The molecule has 0 aromatic carbocycles. The summed E-state index contributed by atoms with van der Waals surface area (Å²) < 4.78 is 0. The molecule has 0 radical (unpaired) electrons. The molecular formula is C11H18ClN3O. The Morgan fingerprint density at radius 1 is 1.56 bits per heavy atom. The van der Waals surface area contributed by atoms with Gasteiger partial charge in [-0.25, -0.2) is 4.98 Å². The van der Waals surface area contributed by atoms with E-state index in [9.17, 15) is 5.11 Å². The van der Waals surface area contributed by atoms with Gasteiger partial charge in [0.2, 0.25) is 0 Å². The first-order chi connectivity index (χ1) is 7.29. The maximum Gasteiger partial charge on any atom is 0.171 e. The lowest BCUT2D eigenvalue weighted by Gasteiger charge is -2.32. The van der Waals surface area contributed by atoms with Crippen molar-refractivity contribution in [2.45, 2.75) is 18.9 Å². The third kappa shape index (κ3) is 2.77. The first-order valence-corrected chi connectivity index (χ1v) is 5.36. The van der Waals surface area contributed by atoms with Crippen LogP contribution in [-0.4, -0.2) is 36.3 Å². The van der Waals surface area contributed by atoms with E-state index >= 15 is 0 Å². The summed E-state index contributed by atoms with van der Waals surface area (Å²) in [5, 5.41) is 13.0. The van der Waals surface area contributed by atoms with Crippen molar-refractivity contribution in [3.63, 3.8) is 0 Å². The molecule has 1 saturated heterocycles. The van der Waals surface area contributed by atoms with Gasteiger partial charge >= 0.3 is 0 Å². The lowest BCUT2D eigenvalue weighted by molar-refractivity contribution is 0.431. The minimum Gasteiger partial charge on any atom is -0.504 e. The van der Waals surface area contributed by atoms with Crippen LogP contribution in [0.1, 0.15) is 12.8 Å². The second-order valence-corrected chi connectivity index (χ2v) is 3.96. The molecule has 5 heteroatoms. The highest BCUT2D eigenvalue weighted by Crippen LogP contribution is 2.25. The van der Waals surface area contributed by atoms with Gasteiger partial charge in [-0.1, -0.05) is 0 Å². The van der Waals surface area contributed by atoms with Crippen LogP contribution in [0.3, 0.4) is 0 Å². The van der Waals surface area contributed by atoms with Crippen molar-refractivity contribution in [2.75, 3.05) is 25.0 Å². The van der Waals surface area contributed by atoms with E-state index in [2.05, 4.69) is 15.2 Å². The third-order valence-corrected chi connectivity index (χ3v) is 2.92. The molecule has 1 aromatic rings. The quantitative estimate of drug-likeness (QED) is 0.825. The van der Waals surface area contributed by atoms with E-state index < -0.39 is 0 Å². The summed E-state index contributed by atoms with van der Waals surface area (Å²) in [6, 6.07) is 3.85. The predicted molar refractivity (Wildman–Crippen MR) is 67.4 cm³/mol. The van der Waals surface area contributed by atoms with Crippen LogP contribution in [0.4, 0.5) is 5.82 Å². The molecule has 2 rings (SSSR count). The van der Waals surface area contributed by atoms with E-state index in [-0.39, 0.29) is 18.2 Å². The minimum atomic E-state index is 0. The number of hydrogen-bond acceptors (Lipinski definition) is 4. The molecule has 1 aliphatic rings. The summed E-state index contributed by atoms with van der Waals surface area (Å²) in [6.45, 7) is 2.06. The Bertz CT molecular complexity index is 329. The fraction of sp³-hybridized carbons (Fsp3) is 0.545. The standard InChI is InChI=1S/C11H17N3O.ClH/c1-14(9-4-2-6-12-8-9)11-10(15)5-3-7-13-11;/h3,5,7,9,12,15H,2,4,6,8H2,1H3;1H/t9-;/m1./s1. The summed E-state index contributed by atoms with van der Waals surface area (Å²) in [5.41, 5.74) is 0. The Hall–Kier alpha value is -1.00. The third-order valence-electron chi connectivity index (χ3n) is 2.92. The molecule has 2 N–H and O–H groups in total. The minimum absolute atomic E-state index is 0. The van der Waals surface area contributed by atoms with Gasteiger partial charge in [0.05, 0.1) is 0 Å². The number of nitrogens with one attached hydrogen (secondary N) is 1. The highest BCUT2D eigenvalue weighted by atomic mass is 35.5. The van der Waals surface area contributed by atoms with Crippen LogP contribution in [0.25, 0.3) is 0 Å². The number of likely N-dealkylation sites (N-methyl/N-ethyl adjacent to an activating group) is 1.